The highest BCUT2D eigenvalue weighted by Gasteiger charge is 2.27. The molecule has 0 aromatic heterocycles. The molecule has 2 aliphatic rings. The van der Waals surface area contributed by atoms with Gasteiger partial charge in [0, 0.05) is 19.1 Å². The van der Waals surface area contributed by atoms with Crippen molar-refractivity contribution in [3.05, 3.63) is 58.7 Å². The largest absolute Gasteiger partial charge is 0.496 e. The molecule has 1 atom stereocenters. The first kappa shape index (κ1) is 24.7. The molecule has 1 amide bonds. The van der Waals surface area contributed by atoms with Crippen molar-refractivity contribution >= 4 is 15.9 Å². The van der Waals surface area contributed by atoms with Gasteiger partial charge in [-0.1, -0.05) is 32.0 Å². The molecule has 1 fully saturated rings. The van der Waals surface area contributed by atoms with Crippen LogP contribution in [-0.4, -0.2) is 39.4 Å². The van der Waals surface area contributed by atoms with E-state index in [1.165, 1.54) is 43.2 Å². The molecule has 1 N–H and O–H groups in total. The number of nitrogens with zero attached hydrogens (tertiary/aromatic N) is 1. The molecule has 1 heterocycles. The summed E-state index contributed by atoms with van der Waals surface area (Å²) < 4.78 is 35.0. The first-order valence-electron chi connectivity index (χ1n) is 12.4. The number of hydrogen-bond donors (Lipinski definition) is 1. The van der Waals surface area contributed by atoms with Crippen molar-refractivity contribution in [2.45, 2.75) is 69.7 Å². The number of aryl methyl sites for hydroxylation is 2. The third-order valence-corrected chi connectivity index (χ3v) is 8.73. The zero-order chi connectivity index (χ0) is 24.3. The van der Waals surface area contributed by atoms with Gasteiger partial charge in [0.2, 0.25) is 10.0 Å². The Bertz CT molecular complexity index is 1140. The zero-order valence-corrected chi connectivity index (χ0v) is 21.3. The van der Waals surface area contributed by atoms with E-state index in [0.29, 0.717) is 36.7 Å². The van der Waals surface area contributed by atoms with Gasteiger partial charge in [-0.2, -0.15) is 0 Å². The van der Waals surface area contributed by atoms with Gasteiger partial charge >= 0.3 is 0 Å². The Morgan fingerprint density at radius 1 is 1.09 bits per heavy atom. The summed E-state index contributed by atoms with van der Waals surface area (Å²) >= 11 is 0. The first-order valence-corrected chi connectivity index (χ1v) is 13.9. The summed E-state index contributed by atoms with van der Waals surface area (Å²) in [5, 5.41) is 0. The number of ether oxygens (including phenoxy) is 1. The Morgan fingerprint density at radius 2 is 1.79 bits per heavy atom. The number of likely N-dealkylation sites (tertiary alicyclic amines) is 1. The number of sulfonamides is 1. The van der Waals surface area contributed by atoms with E-state index in [9.17, 15) is 13.2 Å². The van der Waals surface area contributed by atoms with Crippen molar-refractivity contribution in [2.24, 2.45) is 5.92 Å². The summed E-state index contributed by atoms with van der Waals surface area (Å²) in [4.78, 5) is 15.1. The lowest BCUT2D eigenvalue weighted by molar-refractivity contribution is 0.0693. The number of methoxy groups -OCH3 is 1. The zero-order valence-electron chi connectivity index (χ0n) is 20.5. The predicted octanol–water partition coefficient (Wildman–Crippen LogP) is 4.88. The first-order chi connectivity index (χ1) is 16.3. The summed E-state index contributed by atoms with van der Waals surface area (Å²) in [7, 11) is -2.34. The molecule has 34 heavy (non-hydrogen) atoms. The lowest BCUT2D eigenvalue weighted by Crippen LogP contribution is -2.38. The van der Waals surface area contributed by atoms with Crippen molar-refractivity contribution in [2.75, 3.05) is 20.2 Å². The lowest BCUT2D eigenvalue weighted by atomic mass is 9.89. The fourth-order valence-electron chi connectivity index (χ4n) is 5.02. The number of rotatable bonds is 7. The van der Waals surface area contributed by atoms with Gasteiger partial charge in [0.25, 0.3) is 5.91 Å². The molecular formula is C27H36N2O4S. The van der Waals surface area contributed by atoms with Crippen LogP contribution in [0.15, 0.2) is 41.3 Å². The molecule has 0 unspecified atom stereocenters. The minimum Gasteiger partial charge on any atom is -0.496 e. The third-order valence-electron chi connectivity index (χ3n) is 7.26. The molecule has 1 aliphatic heterocycles. The second-order valence-electron chi connectivity index (χ2n) is 9.65. The summed E-state index contributed by atoms with van der Waals surface area (Å²) in [5.41, 5.74) is 3.98. The fourth-order valence-corrected chi connectivity index (χ4v) is 6.35. The summed E-state index contributed by atoms with van der Waals surface area (Å²) in [6, 6.07) is 10.6. The maximum atomic E-state index is 13.4. The molecule has 7 heteroatoms. The van der Waals surface area contributed by atoms with Crippen LogP contribution in [0.2, 0.25) is 0 Å². The molecule has 1 aliphatic carbocycles. The number of benzene rings is 2. The SMILES string of the molecule is CC[C@@H](NS(=O)(=O)c1ccc(OC)c(C(=O)N2CCC(C)CC2)c1)c1ccc2c(c1)CCCC2. The average Bonchev–Trinajstić information content (AvgIpc) is 2.86. The highest BCUT2D eigenvalue weighted by molar-refractivity contribution is 7.89. The molecule has 0 bridgehead atoms. The monoisotopic (exact) mass is 484 g/mol. The molecular weight excluding hydrogens is 448 g/mol. The van der Waals surface area contributed by atoms with Gasteiger partial charge in [-0.15, -0.1) is 0 Å². The van der Waals surface area contributed by atoms with Crippen LogP contribution in [0.25, 0.3) is 0 Å². The van der Waals surface area contributed by atoms with E-state index in [2.05, 4.69) is 23.8 Å². The second kappa shape index (κ2) is 10.5. The lowest BCUT2D eigenvalue weighted by Gasteiger charge is -2.30. The van der Waals surface area contributed by atoms with Crippen LogP contribution in [0.3, 0.4) is 0 Å². The van der Waals surface area contributed by atoms with Crippen LogP contribution in [-0.2, 0) is 22.9 Å². The van der Waals surface area contributed by atoms with Crippen molar-refractivity contribution in [1.82, 2.24) is 9.62 Å². The Kier molecular flexibility index (Phi) is 7.63. The second-order valence-corrected chi connectivity index (χ2v) is 11.4. The predicted molar refractivity (Wildman–Crippen MR) is 134 cm³/mol. The van der Waals surface area contributed by atoms with E-state index in [1.807, 2.05) is 13.0 Å². The number of nitrogens with one attached hydrogen (secondary N) is 1. The molecule has 6 nitrogen and oxygen atoms in total. The van der Waals surface area contributed by atoms with E-state index in [1.54, 1.807) is 11.0 Å². The van der Waals surface area contributed by atoms with Gasteiger partial charge in [0.1, 0.15) is 5.75 Å². The number of piperidine rings is 1. The number of carbonyl (C=O) groups excluding carboxylic acids is 1. The van der Waals surface area contributed by atoms with E-state index in [-0.39, 0.29) is 16.8 Å². The maximum Gasteiger partial charge on any atom is 0.257 e. The highest BCUT2D eigenvalue weighted by atomic mass is 32.2. The van der Waals surface area contributed by atoms with Crippen LogP contribution < -0.4 is 9.46 Å². The molecule has 1 saturated heterocycles. The highest BCUT2D eigenvalue weighted by Crippen LogP contribution is 2.29. The smallest absolute Gasteiger partial charge is 0.257 e. The van der Waals surface area contributed by atoms with Crippen molar-refractivity contribution in [1.29, 1.82) is 0 Å². The van der Waals surface area contributed by atoms with E-state index in [4.69, 9.17) is 4.74 Å². The van der Waals surface area contributed by atoms with E-state index in [0.717, 1.165) is 31.2 Å². The number of hydrogen-bond acceptors (Lipinski definition) is 4. The summed E-state index contributed by atoms with van der Waals surface area (Å²) in [5.74, 6) is 0.809. The molecule has 0 spiro atoms. The normalized spacial score (nSPS) is 17.8. The fraction of sp³-hybridized carbons (Fsp3) is 0.519. The van der Waals surface area contributed by atoms with Crippen LogP contribution in [0, 0.1) is 5.92 Å². The number of carbonyl (C=O) groups is 1. The quantitative estimate of drug-likeness (QED) is 0.608. The Hall–Kier alpha value is -2.38. The van der Waals surface area contributed by atoms with Crippen molar-refractivity contribution < 1.29 is 17.9 Å². The number of fused-ring (bicyclic) bond motifs is 1. The third kappa shape index (κ3) is 5.31. The van der Waals surface area contributed by atoms with Gasteiger partial charge in [-0.25, -0.2) is 13.1 Å². The van der Waals surface area contributed by atoms with Gasteiger partial charge in [-0.05, 0) is 85.8 Å². The molecule has 2 aromatic carbocycles. The number of amides is 1. The molecule has 0 radical (unpaired) electrons. The Balaban J connectivity index is 1.59. The Morgan fingerprint density at radius 3 is 2.47 bits per heavy atom. The molecule has 4 rings (SSSR count). The maximum absolute atomic E-state index is 13.4. The van der Waals surface area contributed by atoms with Gasteiger partial charge in [-0.3, -0.25) is 4.79 Å². The van der Waals surface area contributed by atoms with Crippen LogP contribution in [0.5, 0.6) is 5.75 Å². The van der Waals surface area contributed by atoms with Gasteiger partial charge in [0.15, 0.2) is 0 Å². The molecule has 184 valence electrons. The minimum atomic E-state index is -3.84. The van der Waals surface area contributed by atoms with Gasteiger partial charge in [0.05, 0.1) is 17.6 Å². The minimum absolute atomic E-state index is 0.0819. The van der Waals surface area contributed by atoms with Crippen molar-refractivity contribution in [3.8, 4) is 5.75 Å². The standard InChI is InChI=1S/C27H36N2O4S/c1-4-25(22-10-9-20-7-5-6-8-21(20)17-22)28-34(31,32)23-11-12-26(33-3)24(18-23)27(30)29-15-13-19(2)14-16-29/h9-12,17-19,25,28H,4-8,13-16H2,1-3H3/t25-/m1/s1. The van der Waals surface area contributed by atoms with Crippen LogP contribution >= 0.6 is 0 Å². The molecule has 0 saturated carbocycles. The molecule has 2 aromatic rings. The van der Waals surface area contributed by atoms with Crippen LogP contribution in [0.4, 0.5) is 0 Å². The van der Waals surface area contributed by atoms with Crippen LogP contribution in [0.1, 0.15) is 79.0 Å². The van der Waals surface area contributed by atoms with Crippen molar-refractivity contribution in [3.63, 3.8) is 0 Å². The summed E-state index contributed by atoms with van der Waals surface area (Å²) in [6.07, 6.45) is 7.07. The van der Waals surface area contributed by atoms with Gasteiger partial charge < -0.3 is 9.64 Å². The topological polar surface area (TPSA) is 75.7 Å². The Labute approximate surface area is 203 Å². The summed E-state index contributed by atoms with van der Waals surface area (Å²) in [6.45, 7) is 5.52. The average molecular weight is 485 g/mol. The van der Waals surface area contributed by atoms with E-state index >= 15 is 0 Å². The van der Waals surface area contributed by atoms with E-state index < -0.39 is 10.0 Å².